The summed E-state index contributed by atoms with van der Waals surface area (Å²) in [6.45, 7) is 3.82. The van der Waals surface area contributed by atoms with Gasteiger partial charge in [-0.3, -0.25) is 4.79 Å². The lowest BCUT2D eigenvalue weighted by molar-refractivity contribution is -0.697. The summed E-state index contributed by atoms with van der Waals surface area (Å²) in [6, 6.07) is 10.6. The molecule has 4 rings (SSSR count). The van der Waals surface area contributed by atoms with E-state index in [0.29, 0.717) is 13.1 Å². The van der Waals surface area contributed by atoms with Gasteiger partial charge in [0, 0.05) is 55.7 Å². The molecule has 2 N–H and O–H groups in total. The van der Waals surface area contributed by atoms with Crippen LogP contribution in [0.4, 0.5) is 10.5 Å². The van der Waals surface area contributed by atoms with E-state index < -0.39 is 0 Å². The number of pyridine rings is 1. The molecule has 6 nitrogen and oxygen atoms in total. The Labute approximate surface area is 200 Å². The number of aromatic nitrogens is 1. The van der Waals surface area contributed by atoms with Gasteiger partial charge in [-0.2, -0.15) is 0 Å². The first-order chi connectivity index (χ1) is 16.2. The maximum atomic E-state index is 11.8. The van der Waals surface area contributed by atoms with Gasteiger partial charge in [0.15, 0.2) is 12.4 Å². The van der Waals surface area contributed by atoms with E-state index in [1.54, 1.807) is 0 Å². The SMILES string of the molecule is O=C1SCCN1CCC[n+]1ccc2c(c1)CCC/C2=C\c1ccc(N(CCO)CCO)cc1. The van der Waals surface area contributed by atoms with Gasteiger partial charge in [-0.15, -0.1) is 0 Å². The van der Waals surface area contributed by atoms with Gasteiger partial charge in [-0.25, -0.2) is 4.57 Å². The second-order valence-corrected chi connectivity index (χ2v) is 9.67. The van der Waals surface area contributed by atoms with Crippen molar-refractivity contribution < 1.29 is 19.6 Å². The Bertz CT molecular complexity index is 971. The summed E-state index contributed by atoms with van der Waals surface area (Å²) in [5, 5.41) is 18.8. The fourth-order valence-corrected chi connectivity index (χ4v) is 5.51. The average Bonchev–Trinajstić information content (AvgIpc) is 3.24. The van der Waals surface area contributed by atoms with E-state index in [2.05, 4.69) is 53.4 Å². The monoisotopic (exact) mass is 468 g/mol. The van der Waals surface area contributed by atoms with E-state index in [0.717, 1.165) is 56.8 Å². The number of benzene rings is 1. The molecule has 1 aliphatic carbocycles. The van der Waals surface area contributed by atoms with E-state index in [4.69, 9.17) is 0 Å². The van der Waals surface area contributed by atoms with Crippen LogP contribution in [0.25, 0.3) is 11.6 Å². The highest BCUT2D eigenvalue weighted by Gasteiger charge is 2.21. The largest absolute Gasteiger partial charge is 0.395 e. The first kappa shape index (κ1) is 23.8. The van der Waals surface area contributed by atoms with Crippen molar-refractivity contribution in [3.63, 3.8) is 0 Å². The fourth-order valence-electron chi connectivity index (χ4n) is 4.66. The molecule has 1 fully saturated rings. The quantitative estimate of drug-likeness (QED) is 0.524. The molecule has 33 heavy (non-hydrogen) atoms. The molecule has 2 heterocycles. The molecule has 7 heteroatoms. The molecule has 0 bridgehead atoms. The van der Waals surface area contributed by atoms with Crippen molar-refractivity contribution in [1.82, 2.24) is 4.90 Å². The number of nitrogens with zero attached hydrogens (tertiary/aromatic N) is 3. The number of aliphatic hydroxyl groups is 2. The molecule has 176 valence electrons. The number of hydrogen-bond donors (Lipinski definition) is 2. The van der Waals surface area contributed by atoms with Crippen LogP contribution in [0.2, 0.25) is 0 Å². The lowest BCUT2D eigenvalue weighted by Gasteiger charge is -2.23. The number of amides is 1. The van der Waals surface area contributed by atoms with Crippen molar-refractivity contribution in [1.29, 1.82) is 0 Å². The normalized spacial score (nSPS) is 17.0. The standard InChI is InChI=1S/C26H34N3O3S/c30-16-13-28(14-17-31)24-7-5-21(6-8-24)19-22-3-1-4-23-20-27(12-9-25(22)23)10-2-11-29-15-18-33-26(29)32/h5-9,12,19-20,30-31H,1-4,10-11,13-18H2/q+1. The zero-order chi connectivity index (χ0) is 23.0. The molecule has 1 aromatic carbocycles. The van der Waals surface area contributed by atoms with Crippen molar-refractivity contribution in [2.45, 2.75) is 32.2 Å². The van der Waals surface area contributed by atoms with Crippen LogP contribution in [-0.2, 0) is 13.0 Å². The van der Waals surface area contributed by atoms with E-state index >= 15 is 0 Å². The predicted molar refractivity (Wildman–Crippen MR) is 134 cm³/mol. The van der Waals surface area contributed by atoms with Crippen molar-refractivity contribution in [3.05, 3.63) is 59.4 Å². The van der Waals surface area contributed by atoms with Crippen LogP contribution >= 0.6 is 11.8 Å². The molecule has 1 aromatic heterocycles. The van der Waals surface area contributed by atoms with Crippen LogP contribution in [-0.4, -0.2) is 65.5 Å². The van der Waals surface area contributed by atoms with E-state index in [1.165, 1.54) is 34.0 Å². The number of aliphatic hydroxyl groups excluding tert-OH is 2. The summed E-state index contributed by atoms with van der Waals surface area (Å²) in [6.07, 6.45) is 11.1. The Morgan fingerprint density at radius 2 is 1.88 bits per heavy atom. The summed E-state index contributed by atoms with van der Waals surface area (Å²) in [4.78, 5) is 15.7. The van der Waals surface area contributed by atoms with Gasteiger partial charge < -0.3 is 20.0 Å². The highest BCUT2D eigenvalue weighted by Crippen LogP contribution is 2.31. The van der Waals surface area contributed by atoms with Crippen LogP contribution in [0, 0.1) is 0 Å². The molecule has 2 aliphatic rings. The van der Waals surface area contributed by atoms with Crippen molar-refractivity contribution >= 4 is 34.3 Å². The maximum Gasteiger partial charge on any atom is 0.281 e. The lowest BCUT2D eigenvalue weighted by Crippen LogP contribution is -2.36. The number of rotatable bonds is 10. The number of aryl methyl sites for hydroxylation is 2. The Morgan fingerprint density at radius 1 is 1.09 bits per heavy atom. The average molecular weight is 469 g/mol. The van der Waals surface area contributed by atoms with Crippen molar-refractivity contribution in [3.8, 4) is 0 Å². The van der Waals surface area contributed by atoms with Crippen LogP contribution in [0.15, 0.2) is 42.7 Å². The number of hydrogen-bond acceptors (Lipinski definition) is 5. The number of thioether (sulfide) groups is 1. The summed E-state index contributed by atoms with van der Waals surface area (Å²) in [7, 11) is 0. The van der Waals surface area contributed by atoms with Crippen LogP contribution < -0.4 is 9.47 Å². The number of carbonyl (C=O) groups is 1. The minimum Gasteiger partial charge on any atom is -0.395 e. The number of carbonyl (C=O) groups excluding carboxylic acids is 1. The Balaban J connectivity index is 1.42. The highest BCUT2D eigenvalue weighted by atomic mass is 32.2. The lowest BCUT2D eigenvalue weighted by atomic mass is 9.87. The summed E-state index contributed by atoms with van der Waals surface area (Å²) < 4.78 is 2.27. The smallest absolute Gasteiger partial charge is 0.281 e. The summed E-state index contributed by atoms with van der Waals surface area (Å²) in [5.74, 6) is 0.923. The highest BCUT2D eigenvalue weighted by molar-refractivity contribution is 8.13. The van der Waals surface area contributed by atoms with Gasteiger partial charge in [0.25, 0.3) is 5.24 Å². The van der Waals surface area contributed by atoms with Gasteiger partial charge >= 0.3 is 0 Å². The first-order valence-corrected chi connectivity index (χ1v) is 12.9. The fraction of sp³-hybridized carbons (Fsp3) is 0.462. The summed E-state index contributed by atoms with van der Waals surface area (Å²) in [5.41, 5.74) is 6.30. The third-order valence-corrected chi connectivity index (χ3v) is 7.26. The second-order valence-electron chi connectivity index (χ2n) is 8.63. The molecule has 0 unspecified atom stereocenters. The molecule has 0 saturated carbocycles. The zero-order valence-corrected chi connectivity index (χ0v) is 20.0. The Morgan fingerprint density at radius 3 is 2.58 bits per heavy atom. The third kappa shape index (κ3) is 6.16. The molecule has 1 amide bonds. The van der Waals surface area contributed by atoms with Crippen LogP contribution in [0.1, 0.15) is 36.0 Å². The number of anilines is 1. The molecule has 0 atom stereocenters. The molecular formula is C26H34N3O3S+. The van der Waals surface area contributed by atoms with Crippen molar-refractivity contribution in [2.24, 2.45) is 0 Å². The molecule has 1 aliphatic heterocycles. The van der Waals surface area contributed by atoms with E-state index in [1.807, 2.05) is 9.80 Å². The minimum atomic E-state index is 0.0675. The number of allylic oxidation sites excluding steroid dienone is 1. The zero-order valence-electron chi connectivity index (χ0n) is 19.2. The maximum absolute atomic E-state index is 11.8. The third-order valence-electron chi connectivity index (χ3n) is 6.37. The van der Waals surface area contributed by atoms with Crippen LogP contribution in [0.3, 0.4) is 0 Å². The topological polar surface area (TPSA) is 67.9 Å². The van der Waals surface area contributed by atoms with Gasteiger partial charge in [0.05, 0.1) is 13.2 Å². The summed E-state index contributed by atoms with van der Waals surface area (Å²) >= 11 is 1.43. The molecule has 0 spiro atoms. The van der Waals surface area contributed by atoms with E-state index in [-0.39, 0.29) is 18.5 Å². The van der Waals surface area contributed by atoms with Gasteiger partial charge in [0.1, 0.15) is 6.54 Å². The molecular weight excluding hydrogens is 434 g/mol. The predicted octanol–water partition coefficient (Wildman–Crippen LogP) is 3.20. The Hall–Kier alpha value is -2.35. The minimum absolute atomic E-state index is 0.0675. The first-order valence-electron chi connectivity index (χ1n) is 11.9. The molecule has 2 aromatic rings. The van der Waals surface area contributed by atoms with Gasteiger partial charge in [0.2, 0.25) is 0 Å². The van der Waals surface area contributed by atoms with E-state index in [9.17, 15) is 15.0 Å². The van der Waals surface area contributed by atoms with Gasteiger partial charge in [-0.1, -0.05) is 30.0 Å². The van der Waals surface area contributed by atoms with Gasteiger partial charge in [-0.05, 0) is 48.1 Å². The van der Waals surface area contributed by atoms with Crippen LogP contribution in [0.5, 0.6) is 0 Å². The Kier molecular flexibility index (Phi) is 8.42. The molecule has 1 saturated heterocycles. The second kappa shape index (κ2) is 11.7. The van der Waals surface area contributed by atoms with Crippen molar-refractivity contribution in [2.75, 3.05) is 50.0 Å². The molecule has 0 radical (unpaired) electrons. The number of fused-ring (bicyclic) bond motifs is 1.